The Morgan fingerprint density at radius 1 is 1.33 bits per heavy atom. The Morgan fingerprint density at radius 3 is 2.42 bits per heavy atom. The number of phenolic OH excluding ortho intramolecular Hbond substituents is 1. The molecule has 0 radical (unpaired) electrons. The van der Waals surface area contributed by atoms with Crippen LogP contribution in [0.25, 0.3) is 0 Å². The van der Waals surface area contributed by atoms with Crippen molar-refractivity contribution in [3.63, 3.8) is 0 Å². The van der Waals surface area contributed by atoms with Gasteiger partial charge < -0.3 is 5.11 Å². The molecule has 0 heterocycles. The second-order valence-corrected chi connectivity index (χ2v) is 2.90. The van der Waals surface area contributed by atoms with Crippen LogP contribution >= 0.6 is 15.9 Å². The highest BCUT2D eigenvalue weighted by Gasteiger charge is 2.16. The summed E-state index contributed by atoms with van der Waals surface area (Å²) in [6.45, 7) is 0. The van der Waals surface area contributed by atoms with Gasteiger partial charge in [0, 0.05) is 5.56 Å². The minimum absolute atomic E-state index is 0.391. The Kier molecular flexibility index (Phi) is 2.62. The number of alkyl halides is 2. The molecule has 0 spiro atoms. The van der Waals surface area contributed by atoms with E-state index in [0.29, 0.717) is 0 Å². The van der Waals surface area contributed by atoms with E-state index in [1.54, 1.807) is 0 Å². The van der Waals surface area contributed by atoms with Gasteiger partial charge in [0.1, 0.15) is 0 Å². The number of benzene rings is 1. The van der Waals surface area contributed by atoms with Crippen LogP contribution in [0, 0.1) is 5.82 Å². The van der Waals surface area contributed by atoms with Crippen molar-refractivity contribution in [3.05, 3.63) is 28.0 Å². The smallest absolute Gasteiger partial charge is 0.265 e. The summed E-state index contributed by atoms with van der Waals surface area (Å²) >= 11 is 2.62. The zero-order valence-corrected chi connectivity index (χ0v) is 7.28. The quantitative estimate of drug-likeness (QED) is 0.800. The number of hydrogen-bond acceptors (Lipinski definition) is 1. The van der Waals surface area contributed by atoms with E-state index in [1.165, 1.54) is 0 Å². The molecule has 0 saturated carbocycles. The second kappa shape index (κ2) is 3.35. The summed E-state index contributed by atoms with van der Waals surface area (Å²) in [5.74, 6) is -1.71. The van der Waals surface area contributed by atoms with Crippen molar-refractivity contribution in [1.82, 2.24) is 0 Å². The third-order valence-corrected chi connectivity index (χ3v) is 2.13. The monoisotopic (exact) mass is 240 g/mol. The molecule has 0 aliphatic heterocycles. The third kappa shape index (κ3) is 1.55. The van der Waals surface area contributed by atoms with Gasteiger partial charge >= 0.3 is 0 Å². The molecule has 1 rings (SSSR count). The maximum absolute atomic E-state index is 12.7. The van der Waals surface area contributed by atoms with Crippen LogP contribution in [0.4, 0.5) is 13.2 Å². The topological polar surface area (TPSA) is 20.2 Å². The van der Waals surface area contributed by atoms with E-state index in [0.717, 1.165) is 12.1 Å². The Balaban J connectivity index is 3.27. The molecule has 0 aromatic heterocycles. The third-order valence-electron chi connectivity index (χ3n) is 1.33. The van der Waals surface area contributed by atoms with Gasteiger partial charge in [-0.15, -0.1) is 0 Å². The van der Waals surface area contributed by atoms with Crippen molar-refractivity contribution in [3.8, 4) is 5.75 Å². The number of phenols is 1. The van der Waals surface area contributed by atoms with Crippen molar-refractivity contribution < 1.29 is 18.3 Å². The predicted octanol–water partition coefficient (Wildman–Crippen LogP) is 3.23. The van der Waals surface area contributed by atoms with Crippen molar-refractivity contribution in [2.45, 2.75) is 6.43 Å². The largest absolute Gasteiger partial charge is 0.505 e. The van der Waals surface area contributed by atoms with Crippen molar-refractivity contribution in [1.29, 1.82) is 0 Å². The van der Waals surface area contributed by atoms with Crippen LogP contribution in [-0.4, -0.2) is 5.11 Å². The standard InChI is InChI=1S/C7H4BrF3O/c8-5-3(7(10)11)1-2-4(12)6(5)9/h1-2,7,12H. The van der Waals surface area contributed by atoms with Crippen molar-refractivity contribution >= 4 is 15.9 Å². The Labute approximate surface area is 75.0 Å². The maximum Gasteiger partial charge on any atom is 0.265 e. The van der Waals surface area contributed by atoms with Gasteiger partial charge in [-0.25, -0.2) is 13.2 Å². The lowest BCUT2D eigenvalue weighted by Crippen LogP contribution is -1.89. The lowest BCUT2D eigenvalue weighted by molar-refractivity contribution is 0.150. The fourth-order valence-corrected chi connectivity index (χ4v) is 1.23. The summed E-state index contributed by atoms with van der Waals surface area (Å²) in [5, 5.41) is 8.76. The first-order valence-electron chi connectivity index (χ1n) is 2.99. The van der Waals surface area contributed by atoms with Crippen molar-refractivity contribution in [2.75, 3.05) is 0 Å². The molecule has 0 fully saturated rings. The lowest BCUT2D eigenvalue weighted by Gasteiger charge is -2.04. The summed E-state index contributed by atoms with van der Waals surface area (Å²) in [6, 6.07) is 1.86. The molecule has 12 heavy (non-hydrogen) atoms. The Bertz CT molecular complexity index is 301. The van der Waals surface area contributed by atoms with Gasteiger partial charge in [0.05, 0.1) is 4.47 Å². The molecule has 0 aliphatic carbocycles. The van der Waals surface area contributed by atoms with E-state index in [2.05, 4.69) is 15.9 Å². The average Bonchev–Trinajstić information content (AvgIpc) is 2.00. The SMILES string of the molecule is Oc1ccc(C(F)F)c(Br)c1F. The van der Waals surface area contributed by atoms with E-state index in [-0.39, 0.29) is 0 Å². The predicted molar refractivity (Wildman–Crippen MR) is 40.7 cm³/mol. The van der Waals surface area contributed by atoms with Crippen LogP contribution < -0.4 is 0 Å². The van der Waals surface area contributed by atoms with E-state index < -0.39 is 28.0 Å². The van der Waals surface area contributed by atoms with E-state index in [1.807, 2.05) is 0 Å². The molecule has 1 aromatic rings. The van der Waals surface area contributed by atoms with Crippen LogP contribution in [0.3, 0.4) is 0 Å². The van der Waals surface area contributed by atoms with Crippen LogP contribution in [0.1, 0.15) is 12.0 Å². The number of halogens is 4. The molecule has 1 N–H and O–H groups in total. The van der Waals surface area contributed by atoms with E-state index in [9.17, 15) is 13.2 Å². The van der Waals surface area contributed by atoms with Gasteiger partial charge in [0.15, 0.2) is 11.6 Å². The molecule has 1 nitrogen and oxygen atoms in total. The van der Waals surface area contributed by atoms with Crippen LogP contribution in [0.2, 0.25) is 0 Å². The Hall–Kier alpha value is -0.710. The van der Waals surface area contributed by atoms with Gasteiger partial charge in [-0.05, 0) is 28.1 Å². The first kappa shape index (κ1) is 9.38. The molecule has 0 bridgehead atoms. The average molecular weight is 241 g/mol. The zero-order chi connectivity index (χ0) is 9.30. The summed E-state index contributed by atoms with van der Waals surface area (Å²) in [7, 11) is 0. The molecular weight excluding hydrogens is 237 g/mol. The molecule has 0 unspecified atom stereocenters. The van der Waals surface area contributed by atoms with Crippen molar-refractivity contribution in [2.24, 2.45) is 0 Å². The van der Waals surface area contributed by atoms with Gasteiger partial charge in [-0.1, -0.05) is 0 Å². The van der Waals surface area contributed by atoms with Crippen LogP contribution in [0.5, 0.6) is 5.75 Å². The zero-order valence-electron chi connectivity index (χ0n) is 5.69. The highest BCUT2D eigenvalue weighted by atomic mass is 79.9. The highest BCUT2D eigenvalue weighted by Crippen LogP contribution is 2.33. The maximum atomic E-state index is 12.7. The minimum atomic E-state index is -2.76. The Morgan fingerprint density at radius 2 is 1.92 bits per heavy atom. The van der Waals surface area contributed by atoms with E-state index in [4.69, 9.17) is 5.11 Å². The van der Waals surface area contributed by atoms with Gasteiger partial charge in [0.25, 0.3) is 6.43 Å². The first-order valence-corrected chi connectivity index (χ1v) is 3.78. The number of rotatable bonds is 1. The fraction of sp³-hybridized carbons (Fsp3) is 0.143. The first-order chi connectivity index (χ1) is 5.54. The molecule has 5 heteroatoms. The molecule has 1 aromatic carbocycles. The molecular formula is C7H4BrF3O. The number of aromatic hydroxyl groups is 1. The molecule has 0 atom stereocenters. The normalized spacial score (nSPS) is 10.8. The summed E-state index contributed by atoms with van der Waals surface area (Å²) in [5.41, 5.74) is -0.467. The molecule has 0 aliphatic rings. The van der Waals surface area contributed by atoms with Crippen LogP contribution in [0.15, 0.2) is 16.6 Å². The molecule has 0 amide bonds. The second-order valence-electron chi connectivity index (χ2n) is 2.10. The lowest BCUT2D eigenvalue weighted by atomic mass is 10.2. The van der Waals surface area contributed by atoms with Gasteiger partial charge in [-0.3, -0.25) is 0 Å². The van der Waals surface area contributed by atoms with Crippen LogP contribution in [-0.2, 0) is 0 Å². The molecule has 0 saturated heterocycles. The van der Waals surface area contributed by atoms with E-state index >= 15 is 0 Å². The van der Waals surface area contributed by atoms with Gasteiger partial charge in [0.2, 0.25) is 0 Å². The minimum Gasteiger partial charge on any atom is -0.505 e. The fourth-order valence-electron chi connectivity index (χ4n) is 0.723. The highest BCUT2D eigenvalue weighted by molar-refractivity contribution is 9.10. The summed E-state index contributed by atoms with van der Waals surface area (Å²) < 4.78 is 36.5. The van der Waals surface area contributed by atoms with Gasteiger partial charge in [-0.2, -0.15) is 0 Å². The molecule has 66 valence electrons. The summed E-state index contributed by atoms with van der Waals surface area (Å²) in [4.78, 5) is 0. The summed E-state index contributed by atoms with van der Waals surface area (Å²) in [6.07, 6.45) is -2.76. The number of hydrogen-bond donors (Lipinski definition) is 1.